The van der Waals surface area contributed by atoms with Gasteiger partial charge >= 0.3 is 0 Å². The molecule has 4 nitrogen and oxygen atoms in total. The van der Waals surface area contributed by atoms with Gasteiger partial charge in [-0.3, -0.25) is 9.69 Å². The number of nitrogens with zero attached hydrogens (tertiary/aromatic N) is 2. The highest BCUT2D eigenvalue weighted by atomic mass is 35.5. The van der Waals surface area contributed by atoms with Crippen molar-refractivity contribution in [2.24, 2.45) is 4.99 Å². The zero-order chi connectivity index (χ0) is 26.4. The number of halogens is 4. The lowest BCUT2D eigenvalue weighted by Gasteiger charge is -2.15. The highest BCUT2D eigenvalue weighted by molar-refractivity contribution is 8.19. The lowest BCUT2D eigenvalue weighted by atomic mass is 10.2. The van der Waals surface area contributed by atoms with E-state index < -0.39 is 0 Å². The van der Waals surface area contributed by atoms with E-state index in [1.165, 1.54) is 18.2 Å². The van der Waals surface area contributed by atoms with Crippen LogP contribution in [0.25, 0.3) is 6.08 Å². The van der Waals surface area contributed by atoms with Gasteiger partial charge in [-0.25, -0.2) is 4.99 Å². The molecule has 1 aliphatic heterocycles. The summed E-state index contributed by atoms with van der Waals surface area (Å²) in [5, 5.41) is 2.48. The lowest BCUT2D eigenvalue weighted by molar-refractivity contribution is -0.113. The monoisotopic (exact) mass is 592 g/mol. The Kier molecular flexibility index (Phi) is 9.85. The maximum Gasteiger partial charge on any atom is 0.271 e. The van der Waals surface area contributed by atoms with E-state index in [1.807, 2.05) is 0 Å². The van der Waals surface area contributed by atoms with Crippen LogP contribution >= 0.6 is 58.2 Å². The molecular formula is C28H24Cl4N2O2S. The van der Waals surface area contributed by atoms with Gasteiger partial charge in [0.2, 0.25) is 0 Å². The molecule has 9 heteroatoms. The number of hydrogen-bond donors (Lipinski definition) is 0. The summed E-state index contributed by atoms with van der Waals surface area (Å²) in [5.74, 6) is 0.240. The summed E-state index contributed by atoms with van der Waals surface area (Å²) >= 11 is 26.3. The number of amides is 1. The summed E-state index contributed by atoms with van der Waals surface area (Å²) in [6.45, 7) is 2.71. The van der Waals surface area contributed by atoms with Crippen LogP contribution in [0.1, 0.15) is 38.2 Å². The third-order valence-electron chi connectivity index (χ3n) is 5.51. The van der Waals surface area contributed by atoms with Crippen LogP contribution in [-0.4, -0.2) is 17.7 Å². The van der Waals surface area contributed by atoms with Gasteiger partial charge in [-0.15, -0.1) is 0 Å². The minimum atomic E-state index is -0.219. The molecule has 3 aromatic carbocycles. The number of anilines is 1. The summed E-state index contributed by atoms with van der Waals surface area (Å²) in [6.07, 6.45) is 6.11. The van der Waals surface area contributed by atoms with Gasteiger partial charge in [0.1, 0.15) is 0 Å². The van der Waals surface area contributed by atoms with Gasteiger partial charge in [0.25, 0.3) is 5.91 Å². The molecule has 1 heterocycles. The molecule has 1 amide bonds. The van der Waals surface area contributed by atoms with E-state index in [2.05, 4.69) is 6.92 Å². The number of hydrogen-bond acceptors (Lipinski definition) is 4. The van der Waals surface area contributed by atoms with Gasteiger partial charge in [-0.2, -0.15) is 0 Å². The average molecular weight is 594 g/mol. The molecule has 0 N–H and O–H groups in total. The van der Waals surface area contributed by atoms with Gasteiger partial charge in [0.05, 0.1) is 32.9 Å². The third-order valence-corrected chi connectivity index (χ3v) is 7.54. The van der Waals surface area contributed by atoms with Crippen molar-refractivity contribution in [3.63, 3.8) is 0 Å². The second-order valence-electron chi connectivity index (χ2n) is 8.32. The molecule has 0 aromatic heterocycles. The maximum absolute atomic E-state index is 13.5. The van der Waals surface area contributed by atoms with Gasteiger partial charge in [0, 0.05) is 10.0 Å². The number of benzene rings is 3. The Balaban J connectivity index is 1.63. The molecule has 0 spiro atoms. The molecule has 0 saturated carbocycles. The van der Waals surface area contributed by atoms with Crippen LogP contribution in [0.2, 0.25) is 20.1 Å². The van der Waals surface area contributed by atoms with Crippen molar-refractivity contribution in [3.8, 4) is 5.75 Å². The summed E-state index contributed by atoms with van der Waals surface area (Å²) < 4.78 is 5.83. The molecule has 0 radical (unpaired) electrons. The van der Waals surface area contributed by atoms with Crippen LogP contribution in [0.3, 0.4) is 0 Å². The Morgan fingerprint density at radius 1 is 0.892 bits per heavy atom. The fraction of sp³-hybridized carbons (Fsp3) is 0.214. The van der Waals surface area contributed by atoms with Crippen molar-refractivity contribution >= 4 is 86.7 Å². The third kappa shape index (κ3) is 7.24. The summed E-state index contributed by atoms with van der Waals surface area (Å²) in [4.78, 5) is 20.3. The zero-order valence-corrected chi connectivity index (χ0v) is 23.9. The number of carbonyl (C=O) groups excluding carboxylic acids is 1. The number of thioether (sulfide) groups is 1. The smallest absolute Gasteiger partial charge is 0.271 e. The normalized spacial score (nSPS) is 15.7. The van der Waals surface area contributed by atoms with Crippen molar-refractivity contribution in [1.29, 1.82) is 0 Å². The Morgan fingerprint density at radius 2 is 1.51 bits per heavy atom. The topological polar surface area (TPSA) is 41.9 Å². The summed E-state index contributed by atoms with van der Waals surface area (Å²) in [7, 11) is 0. The van der Waals surface area contributed by atoms with Gasteiger partial charge in [-0.1, -0.05) is 72.6 Å². The molecule has 1 fully saturated rings. The number of carbonyl (C=O) groups is 1. The van der Waals surface area contributed by atoms with E-state index in [9.17, 15) is 4.79 Å². The Bertz CT molecular complexity index is 1300. The SMILES string of the molecule is CCCCCCOc1c(Cl)cc(/C=C2/SC(=Nc3ccc(Cl)cc3)N(c3ccc(Cl)cc3)C2=O)cc1Cl. The first kappa shape index (κ1) is 27.9. The van der Waals surface area contributed by atoms with Crippen LogP contribution in [0, 0.1) is 0 Å². The molecule has 4 rings (SSSR count). The van der Waals surface area contributed by atoms with E-state index in [-0.39, 0.29) is 5.91 Å². The van der Waals surface area contributed by atoms with Crippen LogP contribution in [-0.2, 0) is 4.79 Å². The van der Waals surface area contributed by atoms with E-state index >= 15 is 0 Å². The van der Waals surface area contributed by atoms with E-state index in [1.54, 1.807) is 71.6 Å². The highest BCUT2D eigenvalue weighted by Crippen LogP contribution is 2.40. The molecule has 1 saturated heterocycles. The second kappa shape index (κ2) is 13.1. The molecule has 192 valence electrons. The lowest BCUT2D eigenvalue weighted by Crippen LogP contribution is -2.28. The number of ether oxygens (including phenoxy) is 1. The predicted molar refractivity (Wildman–Crippen MR) is 159 cm³/mol. The largest absolute Gasteiger partial charge is 0.490 e. The Labute approximate surface area is 241 Å². The van der Waals surface area contributed by atoms with Gasteiger partial charge in [0.15, 0.2) is 10.9 Å². The maximum atomic E-state index is 13.5. The van der Waals surface area contributed by atoms with Crippen molar-refractivity contribution in [2.45, 2.75) is 32.6 Å². The fourth-order valence-corrected chi connectivity index (χ4v) is 5.51. The van der Waals surface area contributed by atoms with Crippen LogP contribution < -0.4 is 9.64 Å². The number of amidine groups is 1. The van der Waals surface area contributed by atoms with E-state index in [0.717, 1.165) is 19.3 Å². The Hall–Kier alpha value is -2.15. The quantitative estimate of drug-likeness (QED) is 0.183. The molecular weight excluding hydrogens is 570 g/mol. The highest BCUT2D eigenvalue weighted by Gasteiger charge is 2.35. The molecule has 0 aliphatic carbocycles. The molecule has 3 aromatic rings. The first-order valence-corrected chi connectivity index (χ1v) is 14.1. The van der Waals surface area contributed by atoms with E-state index in [4.69, 9.17) is 56.1 Å². The minimum absolute atomic E-state index is 0.219. The molecule has 0 atom stereocenters. The standard InChI is InChI=1S/C28H24Cl4N2O2S/c1-2-3-4-5-14-36-26-23(31)15-18(16-24(26)32)17-25-27(35)34(22-12-8-20(30)9-13-22)28(37-25)33-21-10-6-19(29)7-11-21/h6-13,15-17H,2-5,14H2,1H3/b25-17+,33-28?. The van der Waals surface area contributed by atoms with Crippen LogP contribution in [0.4, 0.5) is 11.4 Å². The second-order valence-corrected chi connectivity index (χ2v) is 11.0. The van der Waals surface area contributed by atoms with Crippen LogP contribution in [0.15, 0.2) is 70.6 Å². The van der Waals surface area contributed by atoms with Gasteiger partial charge in [-0.05, 0) is 90.5 Å². The number of aliphatic imine (C=N–C) groups is 1. The molecule has 37 heavy (non-hydrogen) atoms. The van der Waals surface area contributed by atoms with E-state index in [0.29, 0.717) is 59.5 Å². The first-order valence-electron chi connectivity index (χ1n) is 11.8. The first-order chi connectivity index (χ1) is 17.9. The zero-order valence-electron chi connectivity index (χ0n) is 20.0. The van der Waals surface area contributed by atoms with Crippen molar-refractivity contribution < 1.29 is 9.53 Å². The fourth-order valence-electron chi connectivity index (χ4n) is 3.65. The average Bonchev–Trinajstić information content (AvgIpc) is 3.16. The summed E-state index contributed by atoms with van der Waals surface area (Å²) in [6, 6.07) is 17.6. The van der Waals surface area contributed by atoms with Gasteiger partial charge < -0.3 is 4.74 Å². The molecule has 0 bridgehead atoms. The minimum Gasteiger partial charge on any atom is -0.490 e. The molecule has 1 aliphatic rings. The number of rotatable bonds is 9. The summed E-state index contributed by atoms with van der Waals surface area (Å²) in [5.41, 5.74) is 2.01. The van der Waals surface area contributed by atoms with Crippen LogP contribution in [0.5, 0.6) is 5.75 Å². The van der Waals surface area contributed by atoms with Crippen molar-refractivity contribution in [1.82, 2.24) is 0 Å². The van der Waals surface area contributed by atoms with Crippen molar-refractivity contribution in [3.05, 3.63) is 91.2 Å². The molecule has 0 unspecified atom stereocenters. The van der Waals surface area contributed by atoms with Crippen molar-refractivity contribution in [2.75, 3.05) is 11.5 Å². The predicted octanol–water partition coefficient (Wildman–Crippen LogP) is 10.1. The Morgan fingerprint density at radius 3 is 2.14 bits per heavy atom. The number of unbranched alkanes of at least 4 members (excludes halogenated alkanes) is 3.